The standard InChI is InChI=1S/C15H27N3O/c1-11(14(2,3)4)18(6)9-13(19)17-15(5,10-16)12-7-8-12/h11-12H,7-9H2,1-6H3,(H,17,19). The van der Waals surface area contributed by atoms with E-state index in [1.807, 2.05) is 18.9 Å². The van der Waals surface area contributed by atoms with E-state index in [9.17, 15) is 10.1 Å². The molecular formula is C15H27N3O. The van der Waals surface area contributed by atoms with Gasteiger partial charge in [0.15, 0.2) is 0 Å². The lowest BCUT2D eigenvalue weighted by Crippen LogP contribution is -2.51. The van der Waals surface area contributed by atoms with Crippen molar-refractivity contribution in [3.05, 3.63) is 0 Å². The van der Waals surface area contributed by atoms with Crippen LogP contribution >= 0.6 is 0 Å². The summed E-state index contributed by atoms with van der Waals surface area (Å²) in [5, 5.41) is 12.1. The van der Waals surface area contributed by atoms with E-state index in [-0.39, 0.29) is 11.3 Å². The van der Waals surface area contributed by atoms with Gasteiger partial charge in [0.25, 0.3) is 0 Å². The second-order valence-electron chi connectivity index (χ2n) is 7.09. The summed E-state index contributed by atoms with van der Waals surface area (Å²) in [6.07, 6.45) is 2.08. The Hall–Kier alpha value is -1.08. The highest BCUT2D eigenvalue weighted by molar-refractivity contribution is 5.79. The highest BCUT2D eigenvalue weighted by atomic mass is 16.2. The Bertz CT molecular complexity index is 376. The minimum atomic E-state index is -0.692. The van der Waals surface area contributed by atoms with E-state index < -0.39 is 5.54 Å². The smallest absolute Gasteiger partial charge is 0.235 e. The number of hydrogen-bond acceptors (Lipinski definition) is 3. The maximum Gasteiger partial charge on any atom is 0.235 e. The third-order valence-electron chi connectivity index (χ3n) is 4.33. The largest absolute Gasteiger partial charge is 0.337 e. The van der Waals surface area contributed by atoms with Crippen molar-refractivity contribution in [1.82, 2.24) is 10.2 Å². The molecule has 0 aromatic rings. The highest BCUT2D eigenvalue weighted by Gasteiger charge is 2.43. The molecular weight excluding hydrogens is 238 g/mol. The number of carbonyl (C=O) groups is 1. The van der Waals surface area contributed by atoms with E-state index >= 15 is 0 Å². The van der Waals surface area contributed by atoms with E-state index in [1.165, 1.54) is 0 Å². The Labute approximate surface area is 117 Å². The number of hydrogen-bond donors (Lipinski definition) is 1. The molecule has 0 aromatic carbocycles. The molecule has 1 N–H and O–H groups in total. The van der Waals surface area contributed by atoms with E-state index in [2.05, 4.69) is 39.1 Å². The van der Waals surface area contributed by atoms with Gasteiger partial charge in [0, 0.05) is 6.04 Å². The normalized spacial score (nSPS) is 20.5. The van der Waals surface area contributed by atoms with Crippen molar-refractivity contribution in [2.45, 2.75) is 59.0 Å². The molecule has 19 heavy (non-hydrogen) atoms. The van der Waals surface area contributed by atoms with Crippen LogP contribution in [-0.4, -0.2) is 36.0 Å². The van der Waals surface area contributed by atoms with Crippen molar-refractivity contribution >= 4 is 5.91 Å². The molecule has 0 aromatic heterocycles. The van der Waals surface area contributed by atoms with Gasteiger partial charge < -0.3 is 5.32 Å². The molecule has 1 fully saturated rings. The third-order valence-corrected chi connectivity index (χ3v) is 4.33. The van der Waals surface area contributed by atoms with Gasteiger partial charge in [-0.25, -0.2) is 0 Å². The molecule has 0 aliphatic heterocycles. The topological polar surface area (TPSA) is 56.1 Å². The quantitative estimate of drug-likeness (QED) is 0.828. The van der Waals surface area contributed by atoms with Gasteiger partial charge in [-0.1, -0.05) is 20.8 Å². The fourth-order valence-electron chi connectivity index (χ4n) is 2.24. The molecule has 0 heterocycles. The van der Waals surface area contributed by atoms with E-state index in [0.717, 1.165) is 12.8 Å². The highest BCUT2D eigenvalue weighted by Crippen LogP contribution is 2.39. The molecule has 1 amide bonds. The summed E-state index contributed by atoms with van der Waals surface area (Å²) >= 11 is 0. The van der Waals surface area contributed by atoms with Crippen LogP contribution in [0.1, 0.15) is 47.5 Å². The Morgan fingerprint density at radius 2 is 1.95 bits per heavy atom. The van der Waals surface area contributed by atoms with Crippen LogP contribution in [0.3, 0.4) is 0 Å². The van der Waals surface area contributed by atoms with Crippen LogP contribution in [-0.2, 0) is 4.79 Å². The summed E-state index contributed by atoms with van der Waals surface area (Å²) in [5.41, 5.74) is -0.563. The number of rotatable bonds is 5. The predicted molar refractivity (Wildman–Crippen MR) is 76.4 cm³/mol. The van der Waals surface area contributed by atoms with E-state index in [1.54, 1.807) is 0 Å². The molecule has 4 heteroatoms. The van der Waals surface area contributed by atoms with Crippen LogP contribution < -0.4 is 5.32 Å². The van der Waals surface area contributed by atoms with Gasteiger partial charge in [-0.15, -0.1) is 0 Å². The molecule has 1 aliphatic carbocycles. The lowest BCUT2D eigenvalue weighted by molar-refractivity contribution is -0.124. The first-order valence-corrected chi connectivity index (χ1v) is 7.02. The minimum Gasteiger partial charge on any atom is -0.337 e. The fraction of sp³-hybridized carbons (Fsp3) is 0.867. The second-order valence-corrected chi connectivity index (χ2v) is 7.09. The summed E-state index contributed by atoms with van der Waals surface area (Å²) in [6.45, 7) is 10.8. The lowest BCUT2D eigenvalue weighted by Gasteiger charge is -2.35. The van der Waals surface area contributed by atoms with E-state index in [0.29, 0.717) is 18.5 Å². The van der Waals surface area contributed by atoms with Crippen molar-refractivity contribution in [2.24, 2.45) is 11.3 Å². The van der Waals surface area contributed by atoms with Gasteiger partial charge in [-0.2, -0.15) is 5.26 Å². The second kappa shape index (κ2) is 5.50. The van der Waals surface area contributed by atoms with Crippen molar-refractivity contribution in [3.8, 4) is 6.07 Å². The summed E-state index contributed by atoms with van der Waals surface area (Å²) in [5.74, 6) is 0.265. The van der Waals surface area contributed by atoms with Crippen LogP contribution in [0.5, 0.6) is 0 Å². The maximum atomic E-state index is 12.1. The molecule has 0 bridgehead atoms. The molecule has 108 valence electrons. The van der Waals surface area contributed by atoms with Gasteiger partial charge in [-0.3, -0.25) is 9.69 Å². The Morgan fingerprint density at radius 3 is 2.32 bits per heavy atom. The van der Waals surface area contributed by atoms with Gasteiger partial charge in [0.05, 0.1) is 12.6 Å². The number of carbonyl (C=O) groups excluding carboxylic acids is 1. The predicted octanol–water partition coefficient (Wildman–Crippen LogP) is 2.16. The third kappa shape index (κ3) is 4.21. The maximum absolute atomic E-state index is 12.1. The van der Waals surface area contributed by atoms with Gasteiger partial charge >= 0.3 is 0 Å². The molecule has 0 saturated heterocycles. The van der Waals surface area contributed by atoms with Gasteiger partial charge in [0.1, 0.15) is 5.54 Å². The monoisotopic (exact) mass is 265 g/mol. The summed E-state index contributed by atoms with van der Waals surface area (Å²) in [7, 11) is 1.95. The molecule has 0 spiro atoms. The Kier molecular flexibility index (Phi) is 4.63. The first-order chi connectivity index (χ1) is 8.60. The average Bonchev–Trinajstić information content (AvgIpc) is 3.10. The lowest BCUT2D eigenvalue weighted by atomic mass is 9.87. The zero-order chi connectivity index (χ0) is 14.8. The van der Waals surface area contributed by atoms with Crippen molar-refractivity contribution in [1.29, 1.82) is 5.26 Å². The molecule has 0 radical (unpaired) electrons. The van der Waals surface area contributed by atoms with E-state index in [4.69, 9.17) is 0 Å². The first-order valence-electron chi connectivity index (χ1n) is 7.02. The molecule has 1 saturated carbocycles. The van der Waals surface area contributed by atoms with Gasteiger partial charge in [0.2, 0.25) is 5.91 Å². The van der Waals surface area contributed by atoms with Crippen molar-refractivity contribution in [3.63, 3.8) is 0 Å². The summed E-state index contributed by atoms with van der Waals surface area (Å²) in [4.78, 5) is 14.1. The van der Waals surface area contributed by atoms with Crippen LogP contribution in [0.2, 0.25) is 0 Å². The molecule has 1 rings (SSSR count). The minimum absolute atomic E-state index is 0.0606. The number of nitrogens with zero attached hydrogens (tertiary/aromatic N) is 2. The Morgan fingerprint density at radius 1 is 1.42 bits per heavy atom. The number of nitriles is 1. The van der Waals surface area contributed by atoms with Crippen molar-refractivity contribution in [2.75, 3.05) is 13.6 Å². The van der Waals surface area contributed by atoms with Crippen LogP contribution in [0.25, 0.3) is 0 Å². The SMILES string of the molecule is CC(N(C)CC(=O)NC(C)(C#N)C1CC1)C(C)(C)C. The number of likely N-dealkylation sites (N-methyl/N-ethyl adjacent to an activating group) is 1. The number of nitrogens with one attached hydrogen (secondary N) is 1. The average molecular weight is 265 g/mol. The molecule has 1 aliphatic rings. The van der Waals surface area contributed by atoms with Gasteiger partial charge in [-0.05, 0) is 45.1 Å². The first kappa shape index (κ1) is 16.0. The summed E-state index contributed by atoms with van der Waals surface area (Å²) < 4.78 is 0. The summed E-state index contributed by atoms with van der Waals surface area (Å²) in [6, 6.07) is 2.55. The molecule has 2 atom stereocenters. The zero-order valence-corrected chi connectivity index (χ0v) is 13.1. The van der Waals surface area contributed by atoms with Crippen LogP contribution in [0.4, 0.5) is 0 Å². The number of amides is 1. The van der Waals surface area contributed by atoms with Crippen LogP contribution in [0, 0.1) is 22.7 Å². The molecule has 4 nitrogen and oxygen atoms in total. The van der Waals surface area contributed by atoms with Crippen LogP contribution in [0.15, 0.2) is 0 Å². The van der Waals surface area contributed by atoms with Crippen molar-refractivity contribution < 1.29 is 4.79 Å². The fourth-order valence-corrected chi connectivity index (χ4v) is 2.24. The Balaban J connectivity index is 2.54. The molecule has 2 unspecified atom stereocenters. The zero-order valence-electron chi connectivity index (χ0n) is 13.1.